The number of aryl methyl sites for hydroxylation is 2. The molecular formula is C25H29N3O4S2. The molecule has 180 valence electrons. The molecule has 0 aliphatic carbocycles. The van der Waals surface area contributed by atoms with E-state index in [0.717, 1.165) is 21.8 Å². The first kappa shape index (κ1) is 25.6. The number of thiazole rings is 1. The first-order valence-electron chi connectivity index (χ1n) is 11.0. The smallest absolute Gasteiger partial charge is 0.248 e. The zero-order valence-corrected chi connectivity index (χ0v) is 21.4. The number of sulfonamides is 1. The normalized spacial score (nSPS) is 11.8. The molecule has 1 aromatic heterocycles. The van der Waals surface area contributed by atoms with Gasteiger partial charge in [-0.05, 0) is 55.3 Å². The number of nitrogens with zero attached hydrogens (tertiary/aromatic N) is 2. The average Bonchev–Trinajstić information content (AvgIpc) is 3.24. The van der Waals surface area contributed by atoms with Crippen LogP contribution in [0.15, 0.2) is 58.8 Å². The van der Waals surface area contributed by atoms with Crippen LogP contribution < -0.4 is 10.1 Å². The fraction of sp³-hybridized carbons (Fsp3) is 0.280. The van der Waals surface area contributed by atoms with Crippen molar-refractivity contribution in [2.45, 2.75) is 39.2 Å². The Hall–Kier alpha value is -3.01. The summed E-state index contributed by atoms with van der Waals surface area (Å²) in [5.41, 5.74) is 2.97. The summed E-state index contributed by atoms with van der Waals surface area (Å²) in [7, 11) is -3.61. The Labute approximate surface area is 205 Å². The van der Waals surface area contributed by atoms with Crippen LogP contribution >= 0.6 is 11.3 Å². The lowest BCUT2D eigenvalue weighted by Crippen LogP contribution is -2.30. The molecule has 1 N–H and O–H groups in total. The molecule has 1 amide bonds. The molecule has 0 fully saturated rings. The van der Waals surface area contributed by atoms with Gasteiger partial charge in [-0.25, -0.2) is 13.4 Å². The number of nitrogens with one attached hydrogen (secondary N) is 1. The lowest BCUT2D eigenvalue weighted by molar-refractivity contribution is -0.111. The summed E-state index contributed by atoms with van der Waals surface area (Å²) < 4.78 is 32.7. The zero-order valence-electron chi connectivity index (χ0n) is 19.7. The lowest BCUT2D eigenvalue weighted by atomic mass is 10.2. The first-order valence-corrected chi connectivity index (χ1v) is 13.3. The highest BCUT2D eigenvalue weighted by Crippen LogP contribution is 2.23. The molecule has 0 spiro atoms. The summed E-state index contributed by atoms with van der Waals surface area (Å²) in [5.74, 6) is 0.369. The lowest BCUT2D eigenvalue weighted by Gasteiger charge is -2.19. The van der Waals surface area contributed by atoms with Gasteiger partial charge in [-0.2, -0.15) is 4.31 Å². The first-order chi connectivity index (χ1) is 16.2. The minimum absolute atomic E-state index is 0.157. The Morgan fingerprint density at radius 1 is 1.12 bits per heavy atom. The third kappa shape index (κ3) is 6.53. The summed E-state index contributed by atoms with van der Waals surface area (Å²) >= 11 is 1.59. The van der Waals surface area contributed by atoms with Crippen molar-refractivity contribution in [2.75, 3.05) is 18.4 Å². The average molecular weight is 500 g/mol. The third-order valence-corrected chi connectivity index (χ3v) is 8.04. The van der Waals surface area contributed by atoms with Crippen LogP contribution in [0.5, 0.6) is 5.75 Å². The maximum atomic E-state index is 12.8. The topological polar surface area (TPSA) is 88.6 Å². The number of ether oxygens (including phenoxy) is 1. The molecule has 0 unspecified atom stereocenters. The van der Waals surface area contributed by atoms with E-state index in [1.807, 2.05) is 43.5 Å². The fourth-order valence-electron chi connectivity index (χ4n) is 3.26. The van der Waals surface area contributed by atoms with Crippen molar-refractivity contribution in [1.29, 1.82) is 0 Å². The summed E-state index contributed by atoms with van der Waals surface area (Å²) in [6, 6.07) is 12.1. The molecule has 1 heterocycles. The molecule has 0 bridgehead atoms. The molecule has 0 atom stereocenters. The minimum atomic E-state index is -3.61. The molecule has 3 aromatic rings. The van der Waals surface area contributed by atoms with E-state index in [9.17, 15) is 13.2 Å². The highest BCUT2D eigenvalue weighted by Gasteiger charge is 2.22. The van der Waals surface area contributed by atoms with Crippen molar-refractivity contribution in [3.05, 3.63) is 75.7 Å². The van der Waals surface area contributed by atoms with Gasteiger partial charge in [0.1, 0.15) is 12.4 Å². The molecule has 7 nitrogen and oxygen atoms in total. The zero-order chi connectivity index (χ0) is 24.7. The summed E-state index contributed by atoms with van der Waals surface area (Å²) in [4.78, 5) is 17.0. The summed E-state index contributed by atoms with van der Waals surface area (Å²) in [5, 5.41) is 5.76. The SMILES string of the molecule is CCN(CC)S(=O)(=O)c1ccc(C)c(NC(=O)/C=C/c2ccc(OCc3csc(C)n3)cc2)c1. The standard InChI is InChI=1S/C25H29N3O4S2/c1-5-28(6-2)34(30,31)23-13-7-18(3)24(15-23)27-25(29)14-10-20-8-11-22(12-9-20)32-16-21-17-33-19(4)26-21/h7-15,17H,5-6,16H2,1-4H3,(H,27,29)/b14-10+. The molecule has 0 radical (unpaired) electrons. The second-order valence-corrected chi connectivity index (χ2v) is 10.6. The second-order valence-electron chi connectivity index (χ2n) is 7.60. The maximum Gasteiger partial charge on any atom is 0.248 e. The maximum absolute atomic E-state index is 12.8. The molecule has 0 saturated heterocycles. The van der Waals surface area contributed by atoms with Crippen molar-refractivity contribution in [1.82, 2.24) is 9.29 Å². The predicted octanol–water partition coefficient (Wildman–Crippen LogP) is 5.02. The molecule has 34 heavy (non-hydrogen) atoms. The van der Waals surface area contributed by atoms with Gasteiger partial charge in [-0.3, -0.25) is 4.79 Å². The van der Waals surface area contributed by atoms with E-state index in [1.54, 1.807) is 43.4 Å². The molecule has 3 rings (SSSR count). The monoisotopic (exact) mass is 499 g/mol. The Bertz CT molecular complexity index is 1260. The molecule has 0 aliphatic rings. The van der Waals surface area contributed by atoms with Crippen LogP contribution in [0.4, 0.5) is 5.69 Å². The predicted molar refractivity (Wildman–Crippen MR) is 137 cm³/mol. The van der Waals surface area contributed by atoms with E-state index in [2.05, 4.69) is 10.3 Å². The van der Waals surface area contributed by atoms with Crippen LogP contribution in [-0.4, -0.2) is 36.7 Å². The molecule has 9 heteroatoms. The van der Waals surface area contributed by atoms with Crippen molar-refractivity contribution in [2.24, 2.45) is 0 Å². The van der Waals surface area contributed by atoms with Crippen molar-refractivity contribution in [3.63, 3.8) is 0 Å². The van der Waals surface area contributed by atoms with Gasteiger partial charge in [0.2, 0.25) is 15.9 Å². The number of anilines is 1. The van der Waals surface area contributed by atoms with Crippen molar-refractivity contribution >= 4 is 39.0 Å². The summed E-state index contributed by atoms with van der Waals surface area (Å²) in [6.45, 7) is 8.53. The largest absolute Gasteiger partial charge is 0.487 e. The number of benzene rings is 2. The molecule has 0 aliphatic heterocycles. The number of aromatic nitrogens is 1. The van der Waals surface area contributed by atoms with Crippen LogP contribution in [-0.2, 0) is 21.4 Å². The number of carbonyl (C=O) groups is 1. The van der Waals surface area contributed by atoms with Crippen LogP contribution in [0.1, 0.15) is 35.7 Å². The number of hydrogen-bond acceptors (Lipinski definition) is 6. The van der Waals surface area contributed by atoms with Crippen LogP contribution in [0, 0.1) is 13.8 Å². The number of hydrogen-bond donors (Lipinski definition) is 1. The van der Waals surface area contributed by atoms with Gasteiger partial charge in [-0.15, -0.1) is 11.3 Å². The highest BCUT2D eigenvalue weighted by atomic mass is 32.2. The van der Waals surface area contributed by atoms with Crippen LogP contribution in [0.25, 0.3) is 6.08 Å². The third-order valence-electron chi connectivity index (χ3n) is 5.17. The number of rotatable bonds is 10. The van der Waals surface area contributed by atoms with E-state index in [-0.39, 0.29) is 10.8 Å². The van der Waals surface area contributed by atoms with Crippen LogP contribution in [0.3, 0.4) is 0 Å². The number of carbonyl (C=O) groups excluding carboxylic acids is 1. The van der Waals surface area contributed by atoms with Gasteiger partial charge < -0.3 is 10.1 Å². The molecular weight excluding hydrogens is 470 g/mol. The van der Waals surface area contributed by atoms with Gasteiger partial charge >= 0.3 is 0 Å². The fourth-order valence-corrected chi connectivity index (χ4v) is 5.34. The van der Waals surface area contributed by atoms with Gasteiger partial charge in [0.05, 0.1) is 15.6 Å². The molecule has 0 saturated carbocycles. The van der Waals surface area contributed by atoms with E-state index in [4.69, 9.17) is 4.74 Å². The summed E-state index contributed by atoms with van der Waals surface area (Å²) in [6.07, 6.45) is 3.10. The minimum Gasteiger partial charge on any atom is -0.487 e. The second kappa shape index (κ2) is 11.4. The Balaban J connectivity index is 1.63. The van der Waals surface area contributed by atoms with E-state index in [0.29, 0.717) is 31.1 Å². The van der Waals surface area contributed by atoms with E-state index < -0.39 is 10.0 Å². The Morgan fingerprint density at radius 3 is 2.44 bits per heavy atom. The van der Waals surface area contributed by atoms with Gasteiger partial charge in [0.15, 0.2) is 0 Å². The van der Waals surface area contributed by atoms with E-state index in [1.165, 1.54) is 16.4 Å². The Kier molecular flexibility index (Phi) is 8.60. The Morgan fingerprint density at radius 2 is 1.82 bits per heavy atom. The van der Waals surface area contributed by atoms with Gasteiger partial charge in [-0.1, -0.05) is 32.0 Å². The van der Waals surface area contributed by atoms with Gasteiger partial charge in [0, 0.05) is 30.2 Å². The number of amides is 1. The van der Waals surface area contributed by atoms with Crippen molar-refractivity contribution < 1.29 is 17.9 Å². The van der Waals surface area contributed by atoms with Gasteiger partial charge in [0.25, 0.3) is 0 Å². The highest BCUT2D eigenvalue weighted by molar-refractivity contribution is 7.89. The van der Waals surface area contributed by atoms with E-state index >= 15 is 0 Å². The van der Waals surface area contributed by atoms with Crippen LogP contribution in [0.2, 0.25) is 0 Å². The quantitative estimate of drug-likeness (QED) is 0.396. The van der Waals surface area contributed by atoms with Crippen molar-refractivity contribution in [3.8, 4) is 5.75 Å². The molecule has 2 aromatic carbocycles.